The first kappa shape index (κ1) is 11.3. The molecule has 0 aromatic heterocycles. The Bertz CT molecular complexity index is 244. The lowest BCUT2D eigenvalue weighted by atomic mass is 9.73. The molecule has 0 nitrogen and oxygen atoms in total. The molecule has 0 saturated carbocycles. The summed E-state index contributed by atoms with van der Waals surface area (Å²) in [7, 11) is 0. The number of hydrogen-bond acceptors (Lipinski definition) is 0. The van der Waals surface area contributed by atoms with Crippen LogP contribution in [0.4, 0.5) is 0 Å². The van der Waals surface area contributed by atoms with Crippen molar-refractivity contribution in [2.75, 3.05) is 0 Å². The molecule has 1 atom stereocenters. The monoisotopic (exact) mass is 189 g/mol. The van der Waals surface area contributed by atoms with E-state index >= 15 is 0 Å². The maximum Gasteiger partial charge on any atom is -0.00497 e. The van der Waals surface area contributed by atoms with E-state index in [9.17, 15) is 0 Å². The molecule has 0 saturated heterocycles. The molecule has 1 aromatic rings. The zero-order chi connectivity index (χ0) is 10.4. The summed E-state index contributed by atoms with van der Waals surface area (Å²) in [6.45, 7) is 8.65. The van der Waals surface area contributed by atoms with Gasteiger partial charge in [-0.3, -0.25) is 0 Å². The van der Waals surface area contributed by atoms with Gasteiger partial charge >= 0.3 is 0 Å². The molecule has 0 fully saturated rings. The molecule has 1 radical (unpaired) electrons. The van der Waals surface area contributed by atoms with Crippen molar-refractivity contribution >= 4 is 0 Å². The predicted octanol–water partition coefficient (Wildman–Crippen LogP) is 4.36. The highest BCUT2D eigenvalue weighted by molar-refractivity contribution is 5.25. The fourth-order valence-electron chi connectivity index (χ4n) is 2.24. The lowest BCUT2D eigenvalue weighted by Gasteiger charge is -2.32. The van der Waals surface area contributed by atoms with Gasteiger partial charge in [0.2, 0.25) is 0 Å². The van der Waals surface area contributed by atoms with Crippen molar-refractivity contribution in [1.82, 2.24) is 0 Å². The maximum atomic E-state index is 4.12. The summed E-state index contributed by atoms with van der Waals surface area (Å²) in [4.78, 5) is 0. The molecule has 0 spiro atoms. The molecular formula is C14H21. The molecule has 14 heavy (non-hydrogen) atoms. The zero-order valence-corrected chi connectivity index (χ0v) is 9.42. The highest BCUT2D eigenvalue weighted by atomic mass is 14.3. The first-order chi connectivity index (χ1) is 6.79. The standard InChI is InChI=1S/C14H21/c1-4-12-14(5-2,6-3)13-10-8-7-9-11-13/h7-11H,2,4-6,12H2,1,3H3. The number of benzene rings is 1. The molecule has 0 bridgehead atoms. The van der Waals surface area contributed by atoms with E-state index in [0.717, 1.165) is 6.42 Å². The molecular weight excluding hydrogens is 168 g/mol. The smallest absolute Gasteiger partial charge is 0.00497 e. The van der Waals surface area contributed by atoms with Crippen molar-refractivity contribution < 1.29 is 0 Å². The molecule has 0 heteroatoms. The second-order valence-electron chi connectivity index (χ2n) is 4.00. The van der Waals surface area contributed by atoms with Crippen LogP contribution in [0.1, 0.15) is 45.1 Å². The predicted molar refractivity (Wildman–Crippen MR) is 63.3 cm³/mol. The van der Waals surface area contributed by atoms with E-state index < -0.39 is 0 Å². The Hall–Kier alpha value is -0.780. The Morgan fingerprint density at radius 3 is 2.21 bits per heavy atom. The van der Waals surface area contributed by atoms with Crippen molar-refractivity contribution in [1.29, 1.82) is 0 Å². The van der Waals surface area contributed by atoms with Crippen LogP contribution in [0.5, 0.6) is 0 Å². The first-order valence-corrected chi connectivity index (χ1v) is 5.64. The van der Waals surface area contributed by atoms with Crippen LogP contribution >= 0.6 is 0 Å². The topological polar surface area (TPSA) is 0 Å². The van der Waals surface area contributed by atoms with Gasteiger partial charge in [-0.2, -0.15) is 0 Å². The van der Waals surface area contributed by atoms with Gasteiger partial charge in [-0.25, -0.2) is 0 Å². The van der Waals surface area contributed by atoms with Crippen LogP contribution < -0.4 is 0 Å². The quantitative estimate of drug-likeness (QED) is 0.645. The molecule has 0 aliphatic carbocycles. The number of rotatable bonds is 5. The Kier molecular flexibility index (Phi) is 4.19. The van der Waals surface area contributed by atoms with E-state index in [2.05, 4.69) is 51.1 Å². The van der Waals surface area contributed by atoms with Gasteiger partial charge in [-0.05, 0) is 30.2 Å². The van der Waals surface area contributed by atoms with E-state index in [-0.39, 0.29) is 0 Å². The van der Waals surface area contributed by atoms with Gasteiger partial charge in [-0.1, -0.05) is 57.5 Å². The Balaban J connectivity index is 2.98. The van der Waals surface area contributed by atoms with Crippen LogP contribution in [0.3, 0.4) is 0 Å². The van der Waals surface area contributed by atoms with E-state index in [0.29, 0.717) is 5.41 Å². The molecule has 0 aliphatic rings. The molecule has 1 rings (SSSR count). The van der Waals surface area contributed by atoms with Crippen LogP contribution in [0, 0.1) is 6.92 Å². The summed E-state index contributed by atoms with van der Waals surface area (Å²) in [5.74, 6) is 0. The van der Waals surface area contributed by atoms with Crippen molar-refractivity contribution in [2.45, 2.75) is 44.9 Å². The third kappa shape index (κ3) is 2.17. The van der Waals surface area contributed by atoms with Gasteiger partial charge in [0.1, 0.15) is 0 Å². The summed E-state index contributed by atoms with van der Waals surface area (Å²) in [5, 5.41) is 0. The summed E-state index contributed by atoms with van der Waals surface area (Å²) < 4.78 is 0. The molecule has 1 unspecified atom stereocenters. The van der Waals surface area contributed by atoms with Gasteiger partial charge in [0.15, 0.2) is 0 Å². The molecule has 0 amide bonds. The molecule has 1 aromatic carbocycles. The zero-order valence-electron chi connectivity index (χ0n) is 9.42. The average molecular weight is 189 g/mol. The fraction of sp³-hybridized carbons (Fsp3) is 0.500. The minimum atomic E-state index is 0.315. The third-order valence-corrected chi connectivity index (χ3v) is 3.27. The Labute approximate surface area is 88.4 Å². The Morgan fingerprint density at radius 1 is 1.14 bits per heavy atom. The summed E-state index contributed by atoms with van der Waals surface area (Å²) in [6.07, 6.45) is 4.67. The van der Waals surface area contributed by atoms with E-state index in [1.54, 1.807) is 0 Å². The lowest BCUT2D eigenvalue weighted by Crippen LogP contribution is -2.24. The summed E-state index contributed by atoms with van der Waals surface area (Å²) in [6, 6.07) is 10.8. The minimum absolute atomic E-state index is 0.315. The minimum Gasteiger partial charge on any atom is -0.0654 e. The maximum absolute atomic E-state index is 4.12. The van der Waals surface area contributed by atoms with Crippen LogP contribution in [0.15, 0.2) is 30.3 Å². The van der Waals surface area contributed by atoms with Gasteiger partial charge < -0.3 is 0 Å². The largest absolute Gasteiger partial charge is 0.0654 e. The van der Waals surface area contributed by atoms with E-state index in [4.69, 9.17) is 0 Å². The van der Waals surface area contributed by atoms with Crippen molar-refractivity contribution in [3.8, 4) is 0 Å². The van der Waals surface area contributed by atoms with Crippen molar-refractivity contribution in [3.05, 3.63) is 42.8 Å². The Morgan fingerprint density at radius 2 is 1.79 bits per heavy atom. The highest BCUT2D eigenvalue weighted by Gasteiger charge is 2.26. The van der Waals surface area contributed by atoms with Crippen molar-refractivity contribution in [2.24, 2.45) is 0 Å². The van der Waals surface area contributed by atoms with Gasteiger partial charge in [0.05, 0.1) is 0 Å². The van der Waals surface area contributed by atoms with Crippen LogP contribution in [-0.4, -0.2) is 0 Å². The molecule has 0 heterocycles. The first-order valence-electron chi connectivity index (χ1n) is 5.64. The van der Waals surface area contributed by atoms with Gasteiger partial charge in [0, 0.05) is 0 Å². The SMILES string of the molecule is [CH2]CC(CC)(CCC)c1ccccc1. The molecule has 77 valence electrons. The highest BCUT2D eigenvalue weighted by Crippen LogP contribution is 2.35. The van der Waals surface area contributed by atoms with E-state index in [1.807, 2.05) is 0 Å². The number of hydrogen-bond donors (Lipinski definition) is 0. The van der Waals surface area contributed by atoms with Crippen molar-refractivity contribution in [3.63, 3.8) is 0 Å². The van der Waals surface area contributed by atoms with Crippen LogP contribution in [0.2, 0.25) is 0 Å². The summed E-state index contributed by atoms with van der Waals surface area (Å²) in [5.41, 5.74) is 1.77. The third-order valence-electron chi connectivity index (χ3n) is 3.27. The van der Waals surface area contributed by atoms with Crippen LogP contribution in [-0.2, 0) is 5.41 Å². The average Bonchev–Trinajstić information content (AvgIpc) is 2.27. The molecule has 0 N–H and O–H groups in total. The van der Waals surface area contributed by atoms with E-state index in [1.165, 1.54) is 24.8 Å². The molecule has 0 aliphatic heterocycles. The second kappa shape index (κ2) is 5.19. The van der Waals surface area contributed by atoms with Gasteiger partial charge in [-0.15, -0.1) is 0 Å². The lowest BCUT2D eigenvalue weighted by molar-refractivity contribution is 0.377. The van der Waals surface area contributed by atoms with Crippen LogP contribution in [0.25, 0.3) is 0 Å². The van der Waals surface area contributed by atoms with Gasteiger partial charge in [0.25, 0.3) is 0 Å². The normalized spacial score (nSPS) is 11.6. The summed E-state index contributed by atoms with van der Waals surface area (Å²) >= 11 is 0. The second-order valence-corrected chi connectivity index (χ2v) is 4.00. The fourth-order valence-corrected chi connectivity index (χ4v) is 2.24.